The number of halogens is 1. The third-order valence-corrected chi connectivity index (χ3v) is 5.12. The minimum Gasteiger partial charge on any atom is -0.368 e. The van der Waals surface area contributed by atoms with Crippen molar-refractivity contribution in [2.45, 2.75) is 44.8 Å². The molecule has 3 rings (SSSR count). The number of nitrogens with one attached hydrogen (secondary N) is 1. The predicted octanol–water partition coefficient (Wildman–Crippen LogP) is 3.99. The number of nitrogens with zero attached hydrogens (tertiary/aromatic N) is 3. The van der Waals surface area contributed by atoms with Gasteiger partial charge in [-0.1, -0.05) is 23.7 Å². The van der Waals surface area contributed by atoms with Crippen molar-refractivity contribution in [1.29, 1.82) is 0 Å². The zero-order valence-electron chi connectivity index (χ0n) is 28.4. The summed E-state index contributed by atoms with van der Waals surface area (Å²) >= 11 is 6.44. The number of piperazine rings is 1. The highest BCUT2D eigenvalue weighted by atomic mass is 35.5. The summed E-state index contributed by atoms with van der Waals surface area (Å²) in [6, 6.07) is 0.828. The van der Waals surface area contributed by atoms with Crippen molar-refractivity contribution in [3.05, 3.63) is 28.8 Å². The van der Waals surface area contributed by atoms with Gasteiger partial charge in [-0.15, -0.1) is 0 Å². The molecule has 0 atom stereocenters. The van der Waals surface area contributed by atoms with Gasteiger partial charge in [-0.2, -0.15) is 0 Å². The molecule has 1 aromatic rings. The van der Waals surface area contributed by atoms with Crippen LogP contribution in [0.15, 0.2) is 18.2 Å². The normalized spacial score (nSPS) is 42.8. The van der Waals surface area contributed by atoms with Gasteiger partial charge in [-0.05, 0) is 62.9 Å². The van der Waals surface area contributed by atoms with Gasteiger partial charge in [0.1, 0.15) is 0 Å². The number of anilines is 1. The minimum atomic E-state index is -3.79. The summed E-state index contributed by atoms with van der Waals surface area (Å²) < 4.78 is 104. The zero-order chi connectivity index (χ0) is 30.9. The van der Waals surface area contributed by atoms with E-state index < -0.39 is 56.4 Å². The van der Waals surface area contributed by atoms with Gasteiger partial charge in [0, 0.05) is 61.4 Å². The van der Waals surface area contributed by atoms with E-state index in [9.17, 15) is 4.79 Å². The first kappa shape index (κ1) is 10.5. The molecule has 1 saturated heterocycles. The van der Waals surface area contributed by atoms with E-state index in [0.717, 1.165) is 16.2 Å². The number of hydrogen-bond acceptors (Lipinski definition) is 3. The fraction of sp³-hybridized carbons (Fsp3) is 0.682. The summed E-state index contributed by atoms with van der Waals surface area (Å²) in [6.07, 6.45) is -18.3. The Morgan fingerprint density at radius 1 is 1.29 bits per heavy atom. The van der Waals surface area contributed by atoms with Crippen molar-refractivity contribution in [3.8, 4) is 0 Å². The molecular formula is C22H35ClN4O. The first-order valence-electron chi connectivity index (χ1n) is 15.2. The summed E-state index contributed by atoms with van der Waals surface area (Å²) in [5.74, 6) is -3.69. The maximum Gasteiger partial charge on any atom is 0.317 e. The molecule has 28 heavy (non-hydrogen) atoms. The van der Waals surface area contributed by atoms with Crippen LogP contribution in [0.1, 0.15) is 53.9 Å². The van der Waals surface area contributed by atoms with Gasteiger partial charge < -0.3 is 15.1 Å². The molecule has 1 N–H and O–H groups in total. The number of urea groups is 1. The van der Waals surface area contributed by atoms with Crippen LogP contribution in [-0.2, 0) is 0 Å². The molecule has 0 unspecified atom stereocenters. The number of hydrogen-bond donors (Lipinski definition) is 1. The van der Waals surface area contributed by atoms with Crippen LogP contribution in [0.3, 0.4) is 0 Å². The van der Waals surface area contributed by atoms with Crippen molar-refractivity contribution in [3.63, 3.8) is 0 Å². The average Bonchev–Trinajstić information content (AvgIpc) is 2.84. The van der Waals surface area contributed by atoms with Gasteiger partial charge >= 0.3 is 6.03 Å². The second-order valence-electron chi connectivity index (χ2n) is 6.92. The Morgan fingerprint density at radius 3 is 2.61 bits per heavy atom. The smallest absolute Gasteiger partial charge is 0.317 e. The molecular weight excluding hydrogens is 372 g/mol. The Bertz CT molecular complexity index is 1110. The van der Waals surface area contributed by atoms with Crippen LogP contribution in [0, 0.1) is 12.8 Å². The SMILES string of the molecule is [2H]C([2H])(CN1CCN(c2cccc(C)c2Cl)CC1)C1([2H])C([2H])([2H])C([2H])([2H])C([2H])(NC(=O)N(C)C)C([2H])([2H])C1([2H])[2H]. The summed E-state index contributed by atoms with van der Waals surface area (Å²) in [5.41, 5.74) is 1.67. The average molecular weight is 419 g/mol. The number of amides is 2. The van der Waals surface area contributed by atoms with Crippen LogP contribution in [0.2, 0.25) is 5.02 Å². The molecule has 2 amide bonds. The quantitative estimate of drug-likeness (QED) is 0.785. The molecule has 1 aromatic carbocycles. The summed E-state index contributed by atoms with van der Waals surface area (Å²) in [7, 11) is 2.44. The number of carbonyl (C=O) groups is 1. The lowest BCUT2D eigenvalue weighted by molar-refractivity contribution is 0.194. The maximum atomic E-state index is 12.4. The van der Waals surface area contributed by atoms with E-state index in [1.807, 2.05) is 30.0 Å². The minimum absolute atomic E-state index is 0.229. The summed E-state index contributed by atoms with van der Waals surface area (Å²) in [5, 5.41) is 2.35. The van der Waals surface area contributed by atoms with E-state index in [-0.39, 0.29) is 13.1 Å². The lowest BCUT2D eigenvalue weighted by Crippen LogP contribution is -2.47. The van der Waals surface area contributed by atoms with Gasteiger partial charge in [0.2, 0.25) is 0 Å². The molecule has 6 heteroatoms. The highest BCUT2D eigenvalue weighted by molar-refractivity contribution is 6.34. The van der Waals surface area contributed by atoms with Crippen molar-refractivity contribution < 1.29 is 21.2 Å². The molecule has 156 valence electrons. The molecule has 0 aromatic heterocycles. The first-order chi connectivity index (χ1) is 17.9. The number of benzene rings is 1. The standard InChI is InChI=1S/C22H35ClN4O/c1-17-5-4-6-20(21(17)23)27-15-13-26(14-16-27)12-11-18-7-9-19(10-8-18)24-22(28)25(2)3/h4-6,18-19H,7-16H2,1-3H3,(H,24,28)/i7D2,8D2,9D2,10D2,11D2,18D,19D. The second-order valence-corrected chi connectivity index (χ2v) is 7.30. The molecule has 5 nitrogen and oxygen atoms in total. The lowest BCUT2D eigenvalue weighted by Gasteiger charge is -2.37. The van der Waals surface area contributed by atoms with E-state index in [1.165, 1.54) is 14.1 Å². The summed E-state index contributed by atoms with van der Waals surface area (Å²) in [6.45, 7) is 2.40. The van der Waals surface area contributed by atoms with E-state index >= 15 is 0 Å². The Kier molecular flexibility index (Phi) is 3.70. The van der Waals surface area contributed by atoms with Crippen LogP contribution in [0.4, 0.5) is 10.5 Å². The largest absolute Gasteiger partial charge is 0.368 e. The third-order valence-electron chi connectivity index (χ3n) is 4.63. The van der Waals surface area contributed by atoms with Crippen LogP contribution >= 0.6 is 11.6 Å². The van der Waals surface area contributed by atoms with Crippen LogP contribution in [0.5, 0.6) is 0 Å². The van der Waals surface area contributed by atoms with E-state index in [4.69, 9.17) is 28.1 Å². The Morgan fingerprint density at radius 2 is 1.96 bits per heavy atom. The Labute approximate surface area is 191 Å². The van der Waals surface area contributed by atoms with E-state index in [1.54, 1.807) is 10.2 Å². The highest BCUT2D eigenvalue weighted by Gasteiger charge is 2.24. The van der Waals surface area contributed by atoms with Crippen LogP contribution in [-0.4, -0.2) is 68.7 Å². The fourth-order valence-electron chi connectivity index (χ4n) is 2.90. The molecule has 2 fully saturated rings. The van der Waals surface area contributed by atoms with Gasteiger partial charge in [0.25, 0.3) is 0 Å². The molecule has 0 radical (unpaired) electrons. The van der Waals surface area contributed by atoms with Crippen molar-refractivity contribution in [1.82, 2.24) is 15.1 Å². The molecule has 1 aliphatic heterocycles. The zero-order valence-corrected chi connectivity index (χ0v) is 17.2. The van der Waals surface area contributed by atoms with Crippen molar-refractivity contribution in [2.24, 2.45) is 5.89 Å². The van der Waals surface area contributed by atoms with Crippen molar-refractivity contribution >= 4 is 23.3 Å². The molecule has 1 heterocycles. The van der Waals surface area contributed by atoms with E-state index in [0.29, 0.717) is 18.1 Å². The van der Waals surface area contributed by atoms with Gasteiger partial charge in [-0.3, -0.25) is 4.90 Å². The molecule has 1 saturated carbocycles. The second kappa shape index (κ2) is 9.84. The molecule has 1 aliphatic carbocycles. The summed E-state index contributed by atoms with van der Waals surface area (Å²) in [4.78, 5) is 16.8. The number of carbonyl (C=O) groups excluding carboxylic acids is 1. The van der Waals surface area contributed by atoms with Gasteiger partial charge in [-0.25, -0.2) is 4.79 Å². The fourth-order valence-corrected chi connectivity index (χ4v) is 3.14. The van der Waals surface area contributed by atoms with Crippen molar-refractivity contribution in [2.75, 3.05) is 51.7 Å². The predicted molar refractivity (Wildman–Crippen MR) is 117 cm³/mol. The molecule has 2 aliphatic rings. The topological polar surface area (TPSA) is 38.8 Å². The van der Waals surface area contributed by atoms with Crippen LogP contribution < -0.4 is 10.2 Å². The number of aryl methyl sites for hydroxylation is 1. The Balaban J connectivity index is 1.97. The molecule has 0 bridgehead atoms. The van der Waals surface area contributed by atoms with E-state index in [2.05, 4.69) is 0 Å². The van der Waals surface area contributed by atoms with Gasteiger partial charge in [0.05, 0.1) is 12.1 Å². The lowest BCUT2D eigenvalue weighted by atomic mass is 9.84. The number of rotatable bonds is 5. The maximum absolute atomic E-state index is 12.4. The monoisotopic (exact) mass is 418 g/mol. The van der Waals surface area contributed by atoms with Crippen LogP contribution in [0.25, 0.3) is 0 Å². The Hall–Kier alpha value is -1.46. The first-order valence-corrected chi connectivity index (χ1v) is 9.54. The third kappa shape index (κ3) is 5.54. The van der Waals surface area contributed by atoms with Gasteiger partial charge in [0.15, 0.2) is 0 Å². The molecule has 0 spiro atoms. The highest BCUT2D eigenvalue weighted by Crippen LogP contribution is 2.30.